The number of rotatable bonds is 4. The lowest BCUT2D eigenvalue weighted by molar-refractivity contribution is -0.385. The van der Waals surface area contributed by atoms with Crippen molar-refractivity contribution in [2.45, 2.75) is 32.3 Å². The van der Waals surface area contributed by atoms with Crippen molar-refractivity contribution in [3.05, 3.63) is 57.0 Å². The minimum Gasteiger partial charge on any atom is -0.478 e. The summed E-state index contributed by atoms with van der Waals surface area (Å²) in [4.78, 5) is 22.2. The van der Waals surface area contributed by atoms with Crippen LogP contribution in [0, 0.1) is 10.1 Å². The van der Waals surface area contributed by atoms with Gasteiger partial charge in [0.2, 0.25) is 0 Å². The minimum atomic E-state index is -0.461. The second-order valence-electron chi connectivity index (χ2n) is 6.45. The molecule has 0 fully saturated rings. The molecule has 0 saturated carbocycles. The topological polar surface area (TPSA) is 95.5 Å². The van der Waals surface area contributed by atoms with Crippen molar-refractivity contribution in [2.75, 3.05) is 0 Å². The van der Waals surface area contributed by atoms with Crippen LogP contribution in [0.1, 0.15) is 29.1 Å². The number of benzene rings is 1. The summed E-state index contributed by atoms with van der Waals surface area (Å²) in [5, 5.41) is 16.6. The first kappa shape index (κ1) is 16.1. The highest BCUT2D eigenvalue weighted by molar-refractivity contribution is 7.19. The lowest BCUT2D eigenvalue weighted by atomic mass is 9.97. The molecule has 0 atom stereocenters. The standard InChI is InChI=1S/C18H15N5O3S/c24-23(25)12-6-2-3-7-13(12)26-9-15-20-17-16-11-5-1-4-8-14(11)27-18(16)19-10-22(17)21-15/h2-3,6-7,10H,1,4-5,8-9H2. The quantitative estimate of drug-likeness (QED) is 0.395. The van der Waals surface area contributed by atoms with Crippen LogP contribution < -0.4 is 4.74 Å². The third-order valence-electron chi connectivity index (χ3n) is 4.75. The molecule has 27 heavy (non-hydrogen) atoms. The van der Waals surface area contributed by atoms with Gasteiger partial charge in [-0.05, 0) is 37.3 Å². The van der Waals surface area contributed by atoms with Gasteiger partial charge in [-0.25, -0.2) is 14.5 Å². The third kappa shape index (κ3) is 2.71. The van der Waals surface area contributed by atoms with Crippen molar-refractivity contribution >= 4 is 32.9 Å². The SMILES string of the molecule is O=[N+]([O-])c1ccccc1OCc1nc2c3c4c(sc3ncn2n1)CCCC4. The van der Waals surface area contributed by atoms with Gasteiger partial charge >= 0.3 is 5.69 Å². The fourth-order valence-corrected chi connectivity index (χ4v) is 4.76. The van der Waals surface area contributed by atoms with Crippen LogP contribution in [-0.2, 0) is 19.4 Å². The highest BCUT2D eigenvalue weighted by Gasteiger charge is 2.21. The van der Waals surface area contributed by atoms with E-state index in [1.165, 1.54) is 29.3 Å². The summed E-state index contributed by atoms with van der Waals surface area (Å²) in [6, 6.07) is 6.29. The summed E-state index contributed by atoms with van der Waals surface area (Å²) in [7, 11) is 0. The Balaban J connectivity index is 1.51. The fraction of sp³-hybridized carbons (Fsp3) is 0.278. The minimum absolute atomic E-state index is 0.0559. The average molecular weight is 381 g/mol. The summed E-state index contributed by atoms with van der Waals surface area (Å²) in [6.07, 6.45) is 6.22. The molecule has 3 heterocycles. The van der Waals surface area contributed by atoms with Crippen molar-refractivity contribution in [1.82, 2.24) is 19.6 Å². The number of fused-ring (bicyclic) bond motifs is 5. The molecular formula is C18H15N5O3S. The van der Waals surface area contributed by atoms with E-state index in [4.69, 9.17) is 4.74 Å². The van der Waals surface area contributed by atoms with Crippen molar-refractivity contribution in [3.8, 4) is 5.75 Å². The Bertz CT molecular complexity index is 1180. The molecule has 1 aliphatic rings. The normalized spacial score (nSPS) is 13.8. The predicted octanol–water partition coefficient (Wildman–Crippen LogP) is 3.71. The van der Waals surface area contributed by atoms with Gasteiger partial charge < -0.3 is 4.74 Å². The van der Waals surface area contributed by atoms with Gasteiger partial charge in [0.25, 0.3) is 0 Å². The number of aryl methyl sites for hydroxylation is 2. The lowest BCUT2D eigenvalue weighted by Crippen LogP contribution is -2.00. The first-order valence-electron chi connectivity index (χ1n) is 8.71. The van der Waals surface area contributed by atoms with E-state index in [-0.39, 0.29) is 18.0 Å². The molecule has 0 radical (unpaired) electrons. The summed E-state index contributed by atoms with van der Waals surface area (Å²) in [5.41, 5.74) is 2.05. The molecule has 1 aromatic carbocycles. The Hall–Kier alpha value is -3.07. The first-order chi connectivity index (χ1) is 13.2. The molecule has 1 aliphatic carbocycles. The number of nitro groups is 1. The van der Waals surface area contributed by atoms with Crippen LogP contribution >= 0.6 is 11.3 Å². The molecule has 0 spiro atoms. The Kier molecular flexibility index (Phi) is 3.75. The third-order valence-corrected chi connectivity index (χ3v) is 5.95. The van der Waals surface area contributed by atoms with E-state index >= 15 is 0 Å². The van der Waals surface area contributed by atoms with E-state index in [9.17, 15) is 10.1 Å². The maximum absolute atomic E-state index is 11.1. The molecule has 0 saturated heterocycles. The van der Waals surface area contributed by atoms with E-state index in [0.29, 0.717) is 5.82 Å². The zero-order valence-corrected chi connectivity index (χ0v) is 15.1. The number of aromatic nitrogens is 4. The van der Waals surface area contributed by atoms with Crippen molar-refractivity contribution < 1.29 is 9.66 Å². The highest BCUT2D eigenvalue weighted by atomic mass is 32.1. The van der Waals surface area contributed by atoms with Gasteiger partial charge in [0.05, 0.1) is 10.3 Å². The van der Waals surface area contributed by atoms with Gasteiger partial charge in [-0.3, -0.25) is 10.1 Å². The zero-order chi connectivity index (χ0) is 18.4. The molecule has 0 bridgehead atoms. The fourth-order valence-electron chi connectivity index (χ4n) is 3.53. The average Bonchev–Trinajstić information content (AvgIpc) is 3.26. The van der Waals surface area contributed by atoms with E-state index in [0.717, 1.165) is 28.7 Å². The van der Waals surface area contributed by atoms with Crippen molar-refractivity contribution in [2.24, 2.45) is 0 Å². The van der Waals surface area contributed by atoms with Gasteiger partial charge in [0, 0.05) is 10.9 Å². The summed E-state index contributed by atoms with van der Waals surface area (Å²) < 4.78 is 7.29. The van der Waals surface area contributed by atoms with Crippen LogP contribution in [0.15, 0.2) is 30.6 Å². The molecule has 0 aliphatic heterocycles. The first-order valence-corrected chi connectivity index (χ1v) is 9.53. The molecule has 5 rings (SSSR count). The maximum Gasteiger partial charge on any atom is 0.310 e. The van der Waals surface area contributed by atoms with Crippen molar-refractivity contribution in [1.29, 1.82) is 0 Å². The van der Waals surface area contributed by atoms with Crippen molar-refractivity contribution in [3.63, 3.8) is 0 Å². The molecule has 0 unspecified atom stereocenters. The number of hydrogen-bond donors (Lipinski definition) is 0. The van der Waals surface area contributed by atoms with Gasteiger partial charge in [-0.2, -0.15) is 0 Å². The molecule has 4 aromatic rings. The largest absolute Gasteiger partial charge is 0.478 e. The van der Waals surface area contributed by atoms with Crippen LogP contribution in [0.2, 0.25) is 0 Å². The second-order valence-corrected chi connectivity index (χ2v) is 7.53. The Morgan fingerprint density at radius 2 is 2.11 bits per heavy atom. The Morgan fingerprint density at radius 3 is 3.00 bits per heavy atom. The number of ether oxygens (including phenoxy) is 1. The molecule has 0 amide bonds. The molecule has 3 aromatic heterocycles. The number of nitro benzene ring substituents is 1. The number of thiophene rings is 1. The van der Waals surface area contributed by atoms with Crippen LogP contribution in [0.25, 0.3) is 15.9 Å². The van der Waals surface area contributed by atoms with Gasteiger partial charge in [-0.1, -0.05) is 12.1 Å². The van der Waals surface area contributed by atoms with Crippen LogP contribution in [0.4, 0.5) is 5.69 Å². The molecule has 8 nitrogen and oxygen atoms in total. The van der Waals surface area contributed by atoms with Gasteiger partial charge in [0.1, 0.15) is 11.2 Å². The number of para-hydroxylation sites is 2. The highest BCUT2D eigenvalue weighted by Crippen LogP contribution is 2.37. The Morgan fingerprint density at radius 1 is 1.26 bits per heavy atom. The van der Waals surface area contributed by atoms with Crippen LogP contribution in [0.3, 0.4) is 0 Å². The molecule has 136 valence electrons. The summed E-state index contributed by atoms with van der Waals surface area (Å²) >= 11 is 1.74. The predicted molar refractivity (Wildman–Crippen MR) is 100 cm³/mol. The van der Waals surface area contributed by atoms with Crippen LogP contribution in [-0.4, -0.2) is 24.5 Å². The van der Waals surface area contributed by atoms with E-state index < -0.39 is 4.92 Å². The van der Waals surface area contributed by atoms with E-state index in [1.54, 1.807) is 40.4 Å². The molecular weight excluding hydrogens is 366 g/mol. The summed E-state index contributed by atoms with van der Waals surface area (Å²) in [6.45, 7) is 0.0559. The lowest BCUT2D eigenvalue weighted by Gasteiger charge is -2.09. The number of nitrogens with zero attached hydrogens (tertiary/aromatic N) is 5. The molecule has 9 heteroatoms. The zero-order valence-electron chi connectivity index (χ0n) is 14.3. The second kappa shape index (κ2) is 6.27. The van der Waals surface area contributed by atoms with Gasteiger partial charge in [0.15, 0.2) is 23.8 Å². The maximum atomic E-state index is 11.1. The van der Waals surface area contributed by atoms with E-state index in [2.05, 4.69) is 15.1 Å². The van der Waals surface area contributed by atoms with Crippen LogP contribution in [0.5, 0.6) is 5.75 Å². The number of hydrogen-bond acceptors (Lipinski definition) is 7. The monoisotopic (exact) mass is 381 g/mol. The van der Waals surface area contributed by atoms with Gasteiger partial charge in [-0.15, -0.1) is 16.4 Å². The van der Waals surface area contributed by atoms with E-state index in [1.807, 2.05) is 0 Å². The Labute approximate surface area is 157 Å². The molecule has 0 N–H and O–H groups in total. The summed E-state index contributed by atoms with van der Waals surface area (Å²) in [5.74, 6) is 0.677. The smallest absolute Gasteiger partial charge is 0.310 e.